The molecule has 6 nitrogen and oxygen atoms in total. The summed E-state index contributed by atoms with van der Waals surface area (Å²) in [5, 5.41) is 2.85. The summed E-state index contributed by atoms with van der Waals surface area (Å²) in [6, 6.07) is -0.700. The van der Waals surface area contributed by atoms with Crippen molar-refractivity contribution in [2.45, 2.75) is 18.9 Å². The van der Waals surface area contributed by atoms with E-state index in [9.17, 15) is 4.79 Å². The molecular weight excluding hydrogens is 146 g/mol. The first-order chi connectivity index (χ1) is 5.22. The van der Waals surface area contributed by atoms with Crippen molar-refractivity contribution in [2.24, 2.45) is 16.6 Å². The molecule has 0 heterocycles. The summed E-state index contributed by atoms with van der Waals surface area (Å²) in [7, 11) is 0. The van der Waals surface area contributed by atoms with E-state index in [2.05, 4.69) is 10.0 Å². The number of carbonyl (C=O) groups is 1. The molecule has 0 saturated carbocycles. The SMILES string of the molecule is [N-]=[N+]=NC(=O)[C@H](N)CCCN. The Morgan fingerprint density at radius 3 is 2.82 bits per heavy atom. The number of hydrogen-bond donors (Lipinski definition) is 2. The van der Waals surface area contributed by atoms with Crippen LogP contribution in [0.3, 0.4) is 0 Å². The Hall–Kier alpha value is -1.10. The molecule has 0 rings (SSSR count). The largest absolute Gasteiger partial charge is 0.330 e. The number of rotatable bonds is 4. The van der Waals surface area contributed by atoms with Crippen molar-refractivity contribution in [3.63, 3.8) is 0 Å². The van der Waals surface area contributed by atoms with Gasteiger partial charge in [0.25, 0.3) is 0 Å². The van der Waals surface area contributed by atoms with Gasteiger partial charge in [-0.25, -0.2) is 0 Å². The molecule has 0 aliphatic heterocycles. The zero-order valence-electron chi connectivity index (χ0n) is 6.10. The Labute approximate surface area is 64.2 Å². The maximum Gasteiger partial charge on any atom is 0.235 e. The first-order valence-corrected chi connectivity index (χ1v) is 3.27. The van der Waals surface area contributed by atoms with Gasteiger partial charge in [0.15, 0.2) is 0 Å². The van der Waals surface area contributed by atoms with Gasteiger partial charge in [0, 0.05) is 4.91 Å². The van der Waals surface area contributed by atoms with Gasteiger partial charge in [0.2, 0.25) is 5.91 Å². The quantitative estimate of drug-likeness (QED) is 0.336. The normalized spacial score (nSPS) is 11.8. The molecule has 0 aromatic heterocycles. The first kappa shape index (κ1) is 9.90. The lowest BCUT2D eigenvalue weighted by atomic mass is 10.1. The van der Waals surface area contributed by atoms with Crippen molar-refractivity contribution >= 4 is 5.91 Å². The van der Waals surface area contributed by atoms with Gasteiger partial charge in [-0.05, 0) is 30.0 Å². The van der Waals surface area contributed by atoms with Crippen LogP contribution in [0.25, 0.3) is 10.4 Å². The minimum atomic E-state index is -0.700. The molecule has 0 fully saturated rings. The Balaban J connectivity index is 3.73. The summed E-state index contributed by atoms with van der Waals surface area (Å²) in [6.07, 6.45) is 1.13. The summed E-state index contributed by atoms with van der Waals surface area (Å²) in [5.41, 5.74) is 18.4. The van der Waals surface area contributed by atoms with Crippen LogP contribution in [0.2, 0.25) is 0 Å². The predicted molar refractivity (Wildman–Crippen MR) is 40.4 cm³/mol. The highest BCUT2D eigenvalue weighted by atomic mass is 16.2. The average Bonchev–Trinajstić information content (AvgIpc) is 2.00. The molecule has 0 spiro atoms. The molecule has 0 aliphatic carbocycles. The van der Waals surface area contributed by atoms with Crippen LogP contribution in [-0.2, 0) is 4.79 Å². The monoisotopic (exact) mass is 157 g/mol. The average molecular weight is 157 g/mol. The number of nitrogens with zero attached hydrogens (tertiary/aromatic N) is 3. The fraction of sp³-hybridized carbons (Fsp3) is 0.800. The van der Waals surface area contributed by atoms with E-state index in [-0.39, 0.29) is 0 Å². The summed E-state index contributed by atoms with van der Waals surface area (Å²) in [5.74, 6) is -0.624. The third kappa shape index (κ3) is 4.32. The molecule has 62 valence electrons. The molecule has 6 heteroatoms. The van der Waals surface area contributed by atoms with Gasteiger partial charge in [-0.15, -0.1) is 0 Å². The van der Waals surface area contributed by atoms with Gasteiger partial charge in [-0.1, -0.05) is 0 Å². The van der Waals surface area contributed by atoms with Crippen LogP contribution in [0.4, 0.5) is 0 Å². The molecule has 0 aromatic rings. The third-order valence-electron chi connectivity index (χ3n) is 1.18. The van der Waals surface area contributed by atoms with Crippen LogP contribution in [-0.4, -0.2) is 18.5 Å². The van der Waals surface area contributed by atoms with Gasteiger partial charge in [0.05, 0.1) is 6.04 Å². The van der Waals surface area contributed by atoms with E-state index in [1.54, 1.807) is 0 Å². The van der Waals surface area contributed by atoms with E-state index in [0.717, 1.165) is 0 Å². The fourth-order valence-corrected chi connectivity index (χ4v) is 0.579. The summed E-state index contributed by atoms with van der Waals surface area (Å²) in [4.78, 5) is 13.0. The third-order valence-corrected chi connectivity index (χ3v) is 1.18. The second-order valence-electron chi connectivity index (χ2n) is 2.07. The lowest BCUT2D eigenvalue weighted by Gasteiger charge is -2.03. The molecule has 0 aliphatic rings. The summed E-state index contributed by atoms with van der Waals surface area (Å²) < 4.78 is 0. The van der Waals surface area contributed by atoms with E-state index in [0.29, 0.717) is 19.4 Å². The minimum Gasteiger partial charge on any atom is -0.330 e. The van der Waals surface area contributed by atoms with Crippen molar-refractivity contribution in [1.29, 1.82) is 0 Å². The van der Waals surface area contributed by atoms with Crippen LogP contribution in [0, 0.1) is 0 Å². The molecule has 0 radical (unpaired) electrons. The smallest absolute Gasteiger partial charge is 0.235 e. The van der Waals surface area contributed by atoms with E-state index in [4.69, 9.17) is 17.0 Å². The predicted octanol–water partition coefficient (Wildman–Crippen LogP) is -0.110. The number of hydrogen-bond acceptors (Lipinski definition) is 3. The van der Waals surface area contributed by atoms with Crippen molar-refractivity contribution in [3.05, 3.63) is 10.4 Å². The van der Waals surface area contributed by atoms with Crippen molar-refractivity contribution < 1.29 is 4.79 Å². The lowest BCUT2D eigenvalue weighted by Crippen LogP contribution is -2.29. The lowest BCUT2D eigenvalue weighted by molar-refractivity contribution is -0.119. The van der Waals surface area contributed by atoms with Crippen molar-refractivity contribution in [2.75, 3.05) is 6.54 Å². The van der Waals surface area contributed by atoms with Gasteiger partial charge < -0.3 is 11.5 Å². The molecule has 4 N–H and O–H groups in total. The Morgan fingerprint density at radius 2 is 2.36 bits per heavy atom. The molecule has 0 bridgehead atoms. The molecule has 11 heavy (non-hydrogen) atoms. The Bertz CT molecular complexity index is 174. The van der Waals surface area contributed by atoms with E-state index >= 15 is 0 Å². The molecule has 1 atom stereocenters. The Morgan fingerprint density at radius 1 is 1.73 bits per heavy atom. The fourth-order valence-electron chi connectivity index (χ4n) is 0.579. The maximum atomic E-state index is 10.7. The molecular formula is C5H11N5O. The van der Waals surface area contributed by atoms with E-state index in [1.165, 1.54) is 0 Å². The van der Waals surface area contributed by atoms with E-state index < -0.39 is 11.9 Å². The zero-order chi connectivity index (χ0) is 8.69. The number of amides is 1. The summed E-state index contributed by atoms with van der Waals surface area (Å²) in [6.45, 7) is 0.483. The maximum absolute atomic E-state index is 10.7. The van der Waals surface area contributed by atoms with Gasteiger partial charge >= 0.3 is 0 Å². The summed E-state index contributed by atoms with van der Waals surface area (Å²) >= 11 is 0. The van der Waals surface area contributed by atoms with Crippen molar-refractivity contribution in [3.8, 4) is 0 Å². The van der Waals surface area contributed by atoms with Crippen molar-refractivity contribution in [1.82, 2.24) is 0 Å². The van der Waals surface area contributed by atoms with Gasteiger partial charge in [-0.3, -0.25) is 4.79 Å². The van der Waals surface area contributed by atoms with Gasteiger partial charge in [-0.2, -0.15) is 0 Å². The highest BCUT2D eigenvalue weighted by Crippen LogP contribution is 1.94. The van der Waals surface area contributed by atoms with Crippen LogP contribution in [0.5, 0.6) is 0 Å². The standard InChI is InChI=1S/C5H11N5O/c6-3-1-2-4(7)5(11)9-10-8/h4H,1-3,6-7H2/t4-/m1/s1. The molecule has 0 unspecified atom stereocenters. The second kappa shape index (κ2) is 5.67. The molecule has 0 saturated heterocycles. The van der Waals surface area contributed by atoms with E-state index in [1.807, 2.05) is 0 Å². The molecule has 1 amide bonds. The topological polar surface area (TPSA) is 118 Å². The number of nitrogens with two attached hydrogens (primary N) is 2. The number of azide groups is 1. The Kier molecular flexibility index (Phi) is 5.10. The van der Waals surface area contributed by atoms with Crippen LogP contribution >= 0.6 is 0 Å². The highest BCUT2D eigenvalue weighted by molar-refractivity contribution is 5.82. The highest BCUT2D eigenvalue weighted by Gasteiger charge is 2.09. The number of carbonyl (C=O) groups excluding carboxylic acids is 1. The van der Waals surface area contributed by atoms with Crippen LogP contribution in [0.1, 0.15) is 12.8 Å². The van der Waals surface area contributed by atoms with Gasteiger partial charge in [0.1, 0.15) is 0 Å². The minimum absolute atomic E-state index is 0.467. The molecule has 0 aromatic carbocycles. The first-order valence-electron chi connectivity index (χ1n) is 3.27. The van der Waals surface area contributed by atoms with Crippen LogP contribution in [0.15, 0.2) is 5.11 Å². The van der Waals surface area contributed by atoms with Crippen LogP contribution < -0.4 is 11.5 Å². The zero-order valence-corrected chi connectivity index (χ0v) is 6.10. The second-order valence-corrected chi connectivity index (χ2v) is 2.07.